The summed E-state index contributed by atoms with van der Waals surface area (Å²) in [6.45, 7) is 3.19. The van der Waals surface area contributed by atoms with E-state index >= 15 is 4.39 Å². The van der Waals surface area contributed by atoms with Gasteiger partial charge in [0.15, 0.2) is 16.7 Å². The standard InChI is InChI=1S/C19H18FN5O6/c1-7-6-25-11-4-12-10(13(14(21)26)24-31-12)3-9(11)5-18(19(25,20)8(2)30-7)15(27)22-17(29)23-16(18)28/h3-4,7-8H,5-6H2,1-2H3,(H2,21,26)(H2,22,23,27,28,29). The number of carbonyl (C=O) groups is 4. The number of amides is 5. The first-order valence-electron chi connectivity index (χ1n) is 9.60. The number of nitrogens with two attached hydrogens (primary N) is 1. The molecule has 12 heteroatoms. The van der Waals surface area contributed by atoms with Crippen molar-refractivity contribution in [1.82, 2.24) is 15.8 Å². The second-order valence-corrected chi connectivity index (χ2v) is 8.06. The molecular weight excluding hydrogens is 413 g/mol. The number of hydrogen-bond acceptors (Lipinski definition) is 8. The molecule has 1 aromatic carbocycles. The SMILES string of the molecule is CC1CN2c3cc4onc(C(N)=O)c4cc3CC3(C(=O)NC(=O)NC3=O)C2(F)C(C)O1. The Morgan fingerprint density at radius 1 is 1.26 bits per heavy atom. The van der Waals surface area contributed by atoms with Crippen molar-refractivity contribution in [3.8, 4) is 0 Å². The number of barbiturate groups is 1. The molecule has 2 saturated heterocycles. The molecule has 3 atom stereocenters. The van der Waals surface area contributed by atoms with E-state index in [-0.39, 0.29) is 29.6 Å². The molecule has 3 aliphatic heterocycles. The molecular formula is C19H18FN5O6. The molecule has 0 radical (unpaired) electrons. The maximum Gasteiger partial charge on any atom is 0.328 e. The van der Waals surface area contributed by atoms with Crippen LogP contribution in [0.4, 0.5) is 14.9 Å². The number of hydrogen-bond donors (Lipinski definition) is 3. The summed E-state index contributed by atoms with van der Waals surface area (Å²) in [5, 5.41) is 7.98. The molecule has 1 spiro atoms. The molecule has 3 aliphatic rings. The van der Waals surface area contributed by atoms with Gasteiger partial charge in [-0.3, -0.25) is 25.0 Å². The van der Waals surface area contributed by atoms with E-state index in [2.05, 4.69) is 5.16 Å². The Morgan fingerprint density at radius 3 is 2.58 bits per heavy atom. The number of anilines is 1. The Kier molecular flexibility index (Phi) is 3.76. The van der Waals surface area contributed by atoms with Crippen LogP contribution in [0.25, 0.3) is 11.0 Å². The van der Waals surface area contributed by atoms with Crippen molar-refractivity contribution >= 4 is 40.4 Å². The maximum atomic E-state index is 17.0. The number of morpholine rings is 1. The number of fused-ring (bicyclic) bond motifs is 5. The highest BCUT2D eigenvalue weighted by atomic mass is 19.1. The summed E-state index contributed by atoms with van der Waals surface area (Å²) < 4.78 is 27.9. The van der Waals surface area contributed by atoms with Gasteiger partial charge >= 0.3 is 6.03 Å². The molecule has 162 valence electrons. The van der Waals surface area contributed by atoms with Gasteiger partial charge in [0.25, 0.3) is 5.91 Å². The van der Waals surface area contributed by atoms with E-state index in [0.29, 0.717) is 11.3 Å². The quantitative estimate of drug-likeness (QED) is 0.424. The topological polar surface area (TPSA) is 157 Å². The van der Waals surface area contributed by atoms with Gasteiger partial charge in [-0.1, -0.05) is 5.16 Å². The van der Waals surface area contributed by atoms with Crippen LogP contribution in [0.5, 0.6) is 0 Å². The van der Waals surface area contributed by atoms with Crippen LogP contribution in [0, 0.1) is 5.41 Å². The predicted octanol–water partition coefficient (Wildman–Crippen LogP) is 0.115. The largest absolute Gasteiger partial charge is 0.368 e. The fourth-order valence-electron chi connectivity index (χ4n) is 4.97. The first-order chi connectivity index (χ1) is 14.6. The zero-order valence-corrected chi connectivity index (χ0v) is 16.5. The second-order valence-electron chi connectivity index (χ2n) is 8.06. The molecule has 2 aromatic rings. The zero-order chi connectivity index (χ0) is 22.3. The fraction of sp³-hybridized carbons (Fsp3) is 0.421. The highest BCUT2D eigenvalue weighted by Gasteiger charge is 2.73. The number of nitrogens with zero attached hydrogens (tertiary/aromatic N) is 2. The van der Waals surface area contributed by atoms with Crippen molar-refractivity contribution in [1.29, 1.82) is 0 Å². The van der Waals surface area contributed by atoms with Crippen LogP contribution in [0.2, 0.25) is 0 Å². The van der Waals surface area contributed by atoms with Crippen molar-refractivity contribution in [2.24, 2.45) is 11.1 Å². The lowest BCUT2D eigenvalue weighted by Gasteiger charge is -2.58. The van der Waals surface area contributed by atoms with Gasteiger partial charge in [-0.2, -0.15) is 0 Å². The smallest absolute Gasteiger partial charge is 0.328 e. The van der Waals surface area contributed by atoms with Gasteiger partial charge in [-0.25, -0.2) is 9.18 Å². The van der Waals surface area contributed by atoms with Crippen molar-refractivity contribution < 1.29 is 32.8 Å². The molecule has 4 N–H and O–H groups in total. The third kappa shape index (κ3) is 2.27. The molecule has 5 amide bonds. The lowest BCUT2D eigenvalue weighted by Crippen LogP contribution is -2.80. The van der Waals surface area contributed by atoms with Gasteiger partial charge in [0, 0.05) is 24.7 Å². The Balaban J connectivity index is 1.80. The third-order valence-corrected chi connectivity index (χ3v) is 6.29. The summed E-state index contributed by atoms with van der Waals surface area (Å²) in [5.41, 5.74) is 3.87. The molecule has 3 unspecified atom stereocenters. The van der Waals surface area contributed by atoms with Crippen LogP contribution in [0.15, 0.2) is 16.7 Å². The molecule has 31 heavy (non-hydrogen) atoms. The Labute approximate surface area is 174 Å². The van der Waals surface area contributed by atoms with Crippen molar-refractivity contribution in [3.63, 3.8) is 0 Å². The molecule has 0 bridgehead atoms. The van der Waals surface area contributed by atoms with Crippen molar-refractivity contribution in [2.75, 3.05) is 11.4 Å². The van der Waals surface area contributed by atoms with Gasteiger partial charge in [0.1, 0.15) is 6.10 Å². The van der Waals surface area contributed by atoms with E-state index in [4.69, 9.17) is 15.0 Å². The van der Waals surface area contributed by atoms with E-state index in [1.165, 1.54) is 24.0 Å². The van der Waals surface area contributed by atoms with Gasteiger partial charge in [0.2, 0.25) is 17.6 Å². The number of urea groups is 1. The minimum atomic E-state index is -2.61. The average molecular weight is 431 g/mol. The van der Waals surface area contributed by atoms with Crippen molar-refractivity contribution in [3.05, 3.63) is 23.4 Å². The number of halogens is 1. The minimum Gasteiger partial charge on any atom is -0.368 e. The van der Waals surface area contributed by atoms with Crippen molar-refractivity contribution in [2.45, 2.75) is 38.3 Å². The number of imide groups is 2. The lowest BCUT2D eigenvalue weighted by molar-refractivity contribution is -0.189. The van der Waals surface area contributed by atoms with E-state index in [9.17, 15) is 19.2 Å². The first-order valence-corrected chi connectivity index (χ1v) is 9.60. The number of alkyl halides is 1. The summed E-state index contributed by atoms with van der Waals surface area (Å²) in [7, 11) is 0. The van der Waals surface area contributed by atoms with Crippen LogP contribution < -0.4 is 21.3 Å². The molecule has 1 aromatic heterocycles. The Bertz CT molecular complexity index is 1170. The molecule has 11 nitrogen and oxygen atoms in total. The molecule has 0 aliphatic carbocycles. The van der Waals surface area contributed by atoms with E-state index < -0.39 is 47.2 Å². The Morgan fingerprint density at radius 2 is 1.94 bits per heavy atom. The molecule has 0 saturated carbocycles. The van der Waals surface area contributed by atoms with E-state index in [1.54, 1.807) is 6.92 Å². The highest BCUT2D eigenvalue weighted by molar-refractivity contribution is 6.21. The van der Waals surface area contributed by atoms with Crippen LogP contribution in [0.3, 0.4) is 0 Å². The summed E-state index contributed by atoms with van der Waals surface area (Å²) in [6.07, 6.45) is -2.01. The molecule has 2 fully saturated rings. The van der Waals surface area contributed by atoms with Crippen LogP contribution in [0.1, 0.15) is 29.9 Å². The number of nitrogens with one attached hydrogen (secondary N) is 2. The van der Waals surface area contributed by atoms with Crippen LogP contribution in [-0.2, 0) is 20.7 Å². The number of carbonyl (C=O) groups excluding carboxylic acids is 4. The molecule has 4 heterocycles. The second kappa shape index (κ2) is 6.00. The Hall–Kier alpha value is -3.54. The first kappa shape index (κ1) is 19.4. The molecule has 5 rings (SSSR count). The summed E-state index contributed by atoms with van der Waals surface area (Å²) in [5.74, 6) is -5.56. The fourth-order valence-corrected chi connectivity index (χ4v) is 4.97. The van der Waals surface area contributed by atoms with Crippen LogP contribution in [-0.4, -0.2) is 53.5 Å². The van der Waals surface area contributed by atoms with Gasteiger partial charge in [-0.15, -0.1) is 0 Å². The van der Waals surface area contributed by atoms with Gasteiger partial charge < -0.3 is 19.9 Å². The summed E-state index contributed by atoms with van der Waals surface area (Å²) in [6, 6.07) is 1.98. The zero-order valence-electron chi connectivity index (χ0n) is 16.5. The number of aromatic nitrogens is 1. The van der Waals surface area contributed by atoms with E-state index in [1.807, 2.05) is 10.6 Å². The van der Waals surface area contributed by atoms with E-state index in [0.717, 1.165) is 0 Å². The van der Waals surface area contributed by atoms with Gasteiger partial charge in [0.05, 0.1) is 11.5 Å². The maximum absolute atomic E-state index is 17.0. The summed E-state index contributed by atoms with van der Waals surface area (Å²) in [4.78, 5) is 50.8. The number of primary amides is 1. The minimum absolute atomic E-state index is 0.0203. The number of ether oxygens (including phenoxy) is 1. The van der Waals surface area contributed by atoms with Gasteiger partial charge in [-0.05, 0) is 25.5 Å². The lowest BCUT2D eigenvalue weighted by atomic mass is 9.64. The highest BCUT2D eigenvalue weighted by Crippen LogP contribution is 2.55. The normalized spacial score (nSPS) is 29.4. The third-order valence-electron chi connectivity index (χ3n) is 6.29. The average Bonchev–Trinajstić information content (AvgIpc) is 3.09. The monoisotopic (exact) mass is 431 g/mol. The summed E-state index contributed by atoms with van der Waals surface area (Å²) >= 11 is 0. The predicted molar refractivity (Wildman–Crippen MR) is 102 cm³/mol. The number of rotatable bonds is 1. The van der Waals surface area contributed by atoms with Crippen LogP contribution >= 0.6 is 0 Å². The number of benzene rings is 1.